The fraction of sp³-hybridized carbons (Fsp3) is 0.533. The van der Waals surface area contributed by atoms with Crippen molar-refractivity contribution in [3.8, 4) is 0 Å². The fourth-order valence-corrected chi connectivity index (χ4v) is 3.18. The van der Waals surface area contributed by atoms with Gasteiger partial charge < -0.3 is 15.5 Å². The quantitative estimate of drug-likeness (QED) is 0.834. The van der Waals surface area contributed by atoms with E-state index in [-0.39, 0.29) is 5.91 Å². The van der Waals surface area contributed by atoms with Crippen LogP contribution in [0.2, 0.25) is 0 Å². The molecule has 2 heterocycles. The van der Waals surface area contributed by atoms with Crippen LogP contribution in [-0.4, -0.2) is 31.6 Å². The largest absolute Gasteiger partial charge is 0.369 e. The number of carbonyl (C=O) groups excluding carboxylic acids is 1. The summed E-state index contributed by atoms with van der Waals surface area (Å²) in [6.07, 6.45) is 2.16. The molecule has 1 fully saturated rings. The van der Waals surface area contributed by atoms with Crippen LogP contribution in [0.3, 0.4) is 0 Å². The summed E-state index contributed by atoms with van der Waals surface area (Å²) in [5, 5.41) is 6.48. The van der Waals surface area contributed by atoms with Gasteiger partial charge >= 0.3 is 0 Å². The van der Waals surface area contributed by atoms with Crippen LogP contribution < -0.4 is 15.5 Å². The first-order valence-electron chi connectivity index (χ1n) is 7.07. The second-order valence-corrected chi connectivity index (χ2v) is 5.47. The standard InChI is InChI=1S/C15H21N3O/c1-11(19)17-13-6-8-18(10-13)15-4-2-3-12-5-7-16-9-14(12)15/h2-4,13,16H,5-10H2,1H3,(H,17,19). The van der Waals surface area contributed by atoms with Crippen LogP contribution in [0.15, 0.2) is 18.2 Å². The first-order valence-corrected chi connectivity index (χ1v) is 7.07. The van der Waals surface area contributed by atoms with E-state index in [9.17, 15) is 4.79 Å². The Labute approximate surface area is 114 Å². The predicted molar refractivity (Wildman–Crippen MR) is 76.3 cm³/mol. The normalized spacial score (nSPS) is 22.2. The molecule has 1 atom stereocenters. The maximum atomic E-state index is 11.1. The zero-order valence-corrected chi connectivity index (χ0v) is 11.4. The summed E-state index contributed by atoms with van der Waals surface area (Å²) in [4.78, 5) is 13.5. The number of amides is 1. The maximum absolute atomic E-state index is 11.1. The highest BCUT2D eigenvalue weighted by atomic mass is 16.1. The molecule has 3 rings (SSSR count). The highest BCUT2D eigenvalue weighted by Crippen LogP contribution is 2.29. The van der Waals surface area contributed by atoms with Gasteiger partial charge in [0.15, 0.2) is 0 Å². The van der Waals surface area contributed by atoms with Crippen molar-refractivity contribution in [2.24, 2.45) is 0 Å². The molecule has 1 unspecified atom stereocenters. The molecule has 102 valence electrons. The number of hydrogen-bond acceptors (Lipinski definition) is 3. The third kappa shape index (κ3) is 2.59. The van der Waals surface area contributed by atoms with Crippen molar-refractivity contribution in [3.63, 3.8) is 0 Å². The topological polar surface area (TPSA) is 44.4 Å². The molecule has 0 spiro atoms. The molecule has 0 radical (unpaired) electrons. The molecular formula is C15H21N3O. The van der Waals surface area contributed by atoms with Gasteiger partial charge in [-0.1, -0.05) is 12.1 Å². The lowest BCUT2D eigenvalue weighted by Gasteiger charge is -2.26. The van der Waals surface area contributed by atoms with Crippen molar-refractivity contribution < 1.29 is 4.79 Å². The highest BCUT2D eigenvalue weighted by molar-refractivity contribution is 5.73. The molecule has 2 aliphatic rings. The van der Waals surface area contributed by atoms with E-state index < -0.39 is 0 Å². The van der Waals surface area contributed by atoms with Gasteiger partial charge in [-0.15, -0.1) is 0 Å². The predicted octanol–water partition coefficient (Wildman–Crippen LogP) is 1.05. The van der Waals surface area contributed by atoms with Crippen molar-refractivity contribution in [1.82, 2.24) is 10.6 Å². The highest BCUT2D eigenvalue weighted by Gasteiger charge is 2.25. The molecule has 0 aliphatic carbocycles. The Morgan fingerprint density at radius 1 is 1.47 bits per heavy atom. The molecule has 0 aromatic heterocycles. The molecular weight excluding hydrogens is 238 g/mol. The summed E-state index contributed by atoms with van der Waals surface area (Å²) >= 11 is 0. The molecule has 1 saturated heterocycles. The Hall–Kier alpha value is -1.55. The lowest BCUT2D eigenvalue weighted by atomic mass is 9.99. The summed E-state index contributed by atoms with van der Waals surface area (Å²) in [6.45, 7) is 5.59. The maximum Gasteiger partial charge on any atom is 0.217 e. The van der Waals surface area contributed by atoms with E-state index in [0.29, 0.717) is 6.04 Å². The van der Waals surface area contributed by atoms with E-state index in [4.69, 9.17) is 0 Å². The SMILES string of the molecule is CC(=O)NC1CCN(c2cccc3c2CNCC3)C1. The van der Waals surface area contributed by atoms with Crippen molar-refractivity contribution in [1.29, 1.82) is 0 Å². The molecule has 4 nitrogen and oxygen atoms in total. The van der Waals surface area contributed by atoms with Gasteiger partial charge in [0.2, 0.25) is 5.91 Å². The van der Waals surface area contributed by atoms with E-state index in [1.165, 1.54) is 16.8 Å². The third-order valence-electron chi connectivity index (χ3n) is 4.06. The molecule has 0 bridgehead atoms. The van der Waals surface area contributed by atoms with E-state index in [1.807, 2.05) is 0 Å². The van der Waals surface area contributed by atoms with Crippen molar-refractivity contribution >= 4 is 11.6 Å². The Balaban J connectivity index is 1.78. The molecule has 1 amide bonds. The number of nitrogens with one attached hydrogen (secondary N) is 2. The smallest absolute Gasteiger partial charge is 0.217 e. The van der Waals surface area contributed by atoms with Crippen LogP contribution in [0.5, 0.6) is 0 Å². The van der Waals surface area contributed by atoms with Crippen molar-refractivity contribution in [2.75, 3.05) is 24.5 Å². The van der Waals surface area contributed by atoms with Gasteiger partial charge in [-0.25, -0.2) is 0 Å². The summed E-state index contributed by atoms with van der Waals surface area (Å²) < 4.78 is 0. The molecule has 0 saturated carbocycles. The average molecular weight is 259 g/mol. The lowest BCUT2D eigenvalue weighted by molar-refractivity contribution is -0.119. The van der Waals surface area contributed by atoms with Gasteiger partial charge in [-0.2, -0.15) is 0 Å². The van der Waals surface area contributed by atoms with Crippen LogP contribution in [0, 0.1) is 0 Å². The number of benzene rings is 1. The van der Waals surface area contributed by atoms with Crippen LogP contribution in [0.4, 0.5) is 5.69 Å². The number of rotatable bonds is 2. The Kier molecular flexibility index (Phi) is 3.42. The van der Waals surface area contributed by atoms with Gasteiger partial charge in [0, 0.05) is 38.3 Å². The number of nitrogens with zero attached hydrogens (tertiary/aromatic N) is 1. The van der Waals surface area contributed by atoms with E-state index in [2.05, 4.69) is 33.7 Å². The molecule has 19 heavy (non-hydrogen) atoms. The first-order chi connectivity index (χ1) is 9.24. The summed E-state index contributed by atoms with van der Waals surface area (Å²) in [5.74, 6) is 0.0728. The Morgan fingerprint density at radius 3 is 3.21 bits per heavy atom. The summed E-state index contributed by atoms with van der Waals surface area (Å²) in [5.41, 5.74) is 4.26. The minimum absolute atomic E-state index is 0.0728. The third-order valence-corrected chi connectivity index (χ3v) is 4.06. The minimum atomic E-state index is 0.0728. The average Bonchev–Trinajstić information content (AvgIpc) is 2.85. The number of carbonyl (C=O) groups is 1. The van der Waals surface area contributed by atoms with Crippen LogP contribution in [0.25, 0.3) is 0 Å². The van der Waals surface area contributed by atoms with Gasteiger partial charge in [-0.3, -0.25) is 4.79 Å². The Morgan fingerprint density at radius 2 is 2.37 bits per heavy atom. The summed E-state index contributed by atoms with van der Waals surface area (Å²) in [6, 6.07) is 6.90. The monoisotopic (exact) mass is 259 g/mol. The molecule has 4 heteroatoms. The fourth-order valence-electron chi connectivity index (χ4n) is 3.18. The van der Waals surface area contributed by atoms with E-state index >= 15 is 0 Å². The molecule has 1 aromatic rings. The first kappa shape index (κ1) is 12.5. The molecule has 1 aromatic carbocycles. The number of anilines is 1. The van der Waals surface area contributed by atoms with Gasteiger partial charge in [0.05, 0.1) is 0 Å². The molecule has 2 N–H and O–H groups in total. The minimum Gasteiger partial charge on any atom is -0.369 e. The number of hydrogen-bond donors (Lipinski definition) is 2. The van der Waals surface area contributed by atoms with Crippen molar-refractivity contribution in [3.05, 3.63) is 29.3 Å². The van der Waals surface area contributed by atoms with E-state index in [0.717, 1.165) is 39.0 Å². The van der Waals surface area contributed by atoms with E-state index in [1.54, 1.807) is 6.92 Å². The van der Waals surface area contributed by atoms with Crippen LogP contribution >= 0.6 is 0 Å². The van der Waals surface area contributed by atoms with Crippen LogP contribution in [0.1, 0.15) is 24.5 Å². The summed E-state index contributed by atoms with van der Waals surface area (Å²) in [7, 11) is 0. The lowest BCUT2D eigenvalue weighted by Crippen LogP contribution is -2.36. The Bertz CT molecular complexity index is 486. The van der Waals surface area contributed by atoms with Gasteiger partial charge in [-0.05, 0) is 36.6 Å². The number of fused-ring (bicyclic) bond motifs is 1. The van der Waals surface area contributed by atoms with Crippen molar-refractivity contribution in [2.45, 2.75) is 32.4 Å². The molecule has 2 aliphatic heterocycles. The van der Waals surface area contributed by atoms with Gasteiger partial charge in [0.1, 0.15) is 0 Å². The van der Waals surface area contributed by atoms with Crippen LogP contribution in [-0.2, 0) is 17.8 Å². The second-order valence-electron chi connectivity index (χ2n) is 5.47. The van der Waals surface area contributed by atoms with Gasteiger partial charge in [0.25, 0.3) is 0 Å². The zero-order valence-electron chi connectivity index (χ0n) is 11.4. The zero-order chi connectivity index (χ0) is 13.2. The second kappa shape index (κ2) is 5.21.